The summed E-state index contributed by atoms with van der Waals surface area (Å²) in [5, 5.41) is 2.62. The molecule has 2 rings (SSSR count). The van der Waals surface area contributed by atoms with Crippen molar-refractivity contribution in [3.8, 4) is 0 Å². The van der Waals surface area contributed by atoms with Gasteiger partial charge in [-0.25, -0.2) is 9.78 Å². The number of nitrogens with one attached hydrogen (secondary N) is 2. The van der Waals surface area contributed by atoms with E-state index in [9.17, 15) is 14.4 Å². The summed E-state index contributed by atoms with van der Waals surface area (Å²) in [4.78, 5) is 45.0. The molecular weight excluding hydrogens is 280 g/mol. The van der Waals surface area contributed by atoms with Crippen molar-refractivity contribution < 1.29 is 4.79 Å². The van der Waals surface area contributed by atoms with Gasteiger partial charge in [0.2, 0.25) is 0 Å². The Labute approximate surface area is 118 Å². The summed E-state index contributed by atoms with van der Waals surface area (Å²) in [6.07, 6.45) is 1.66. The predicted molar refractivity (Wildman–Crippen MR) is 74.8 cm³/mol. The average Bonchev–Trinajstić information content (AvgIpc) is 2.86. The third-order valence-corrected chi connectivity index (χ3v) is 3.43. The molecule has 2 N–H and O–H groups in total. The molecular formula is C12H14N4O3S. The van der Waals surface area contributed by atoms with E-state index in [2.05, 4.69) is 9.97 Å². The van der Waals surface area contributed by atoms with Gasteiger partial charge in [-0.2, -0.15) is 0 Å². The third-order valence-electron chi connectivity index (χ3n) is 2.66. The number of carbonyl (C=O) groups is 1. The number of amides is 1. The second kappa shape index (κ2) is 5.83. The summed E-state index contributed by atoms with van der Waals surface area (Å²) in [6, 6.07) is 0.996. The summed E-state index contributed by atoms with van der Waals surface area (Å²) in [7, 11) is 0. The molecule has 0 unspecified atom stereocenters. The van der Waals surface area contributed by atoms with Crippen molar-refractivity contribution in [1.29, 1.82) is 0 Å². The van der Waals surface area contributed by atoms with E-state index < -0.39 is 17.2 Å². The van der Waals surface area contributed by atoms with Gasteiger partial charge >= 0.3 is 5.69 Å². The van der Waals surface area contributed by atoms with Crippen LogP contribution in [-0.2, 0) is 6.54 Å². The Hall–Kier alpha value is -2.22. The van der Waals surface area contributed by atoms with Crippen molar-refractivity contribution in [2.75, 3.05) is 0 Å². The van der Waals surface area contributed by atoms with Crippen molar-refractivity contribution in [3.05, 3.63) is 49.2 Å². The van der Waals surface area contributed by atoms with Gasteiger partial charge in [0.1, 0.15) is 10.7 Å². The molecule has 0 bridgehead atoms. The highest BCUT2D eigenvalue weighted by Gasteiger charge is 2.21. The Morgan fingerprint density at radius 1 is 1.40 bits per heavy atom. The lowest BCUT2D eigenvalue weighted by Crippen LogP contribution is -2.38. The van der Waals surface area contributed by atoms with Gasteiger partial charge in [0, 0.05) is 23.7 Å². The van der Waals surface area contributed by atoms with Crippen LogP contribution in [0.5, 0.6) is 0 Å². The molecule has 2 aromatic heterocycles. The standard InChI is InChI=1S/C12H14N4O3S/c1-7(2)16(6-10-13-3-4-20-10)11(18)8-5-9(17)15-12(19)14-8/h3-5,7H,6H2,1-2H3,(H2,14,15,17,19). The van der Waals surface area contributed by atoms with Gasteiger partial charge in [-0.1, -0.05) is 0 Å². The number of hydrogen-bond acceptors (Lipinski definition) is 5. The summed E-state index contributed by atoms with van der Waals surface area (Å²) >= 11 is 1.44. The van der Waals surface area contributed by atoms with Crippen molar-refractivity contribution in [1.82, 2.24) is 19.9 Å². The first-order valence-electron chi connectivity index (χ1n) is 6.00. The van der Waals surface area contributed by atoms with E-state index in [0.717, 1.165) is 11.1 Å². The summed E-state index contributed by atoms with van der Waals surface area (Å²) in [5.74, 6) is -0.404. The fourth-order valence-corrected chi connectivity index (χ4v) is 2.32. The molecule has 0 atom stereocenters. The van der Waals surface area contributed by atoms with E-state index in [1.54, 1.807) is 11.1 Å². The Bertz CT molecular complexity index is 674. The minimum absolute atomic E-state index is 0.0241. The summed E-state index contributed by atoms with van der Waals surface area (Å²) < 4.78 is 0. The van der Waals surface area contributed by atoms with Gasteiger partial charge < -0.3 is 9.88 Å². The Balaban J connectivity index is 2.31. The molecule has 0 spiro atoms. The van der Waals surface area contributed by atoms with Crippen molar-refractivity contribution in [3.63, 3.8) is 0 Å². The molecule has 0 radical (unpaired) electrons. The molecule has 0 aromatic carbocycles. The molecule has 2 heterocycles. The minimum Gasteiger partial charge on any atom is -0.328 e. The maximum Gasteiger partial charge on any atom is 0.326 e. The minimum atomic E-state index is -0.696. The van der Waals surface area contributed by atoms with E-state index in [1.807, 2.05) is 24.2 Å². The van der Waals surface area contributed by atoms with Crippen molar-refractivity contribution in [2.24, 2.45) is 0 Å². The number of thiazole rings is 1. The van der Waals surface area contributed by atoms with Gasteiger partial charge in [-0.05, 0) is 13.8 Å². The SMILES string of the molecule is CC(C)N(Cc1nccs1)C(=O)c1cc(=O)[nH]c(=O)[nH]1. The lowest BCUT2D eigenvalue weighted by atomic mass is 10.2. The maximum atomic E-state index is 12.4. The predicted octanol–water partition coefficient (Wildman–Crippen LogP) is 0.571. The van der Waals surface area contributed by atoms with Gasteiger partial charge in [-0.3, -0.25) is 14.6 Å². The topological polar surface area (TPSA) is 98.9 Å². The van der Waals surface area contributed by atoms with E-state index in [0.29, 0.717) is 6.54 Å². The number of aromatic nitrogens is 3. The number of aromatic amines is 2. The Kier molecular flexibility index (Phi) is 4.14. The fourth-order valence-electron chi connectivity index (χ4n) is 1.70. The van der Waals surface area contributed by atoms with Crippen LogP contribution in [0.25, 0.3) is 0 Å². The monoisotopic (exact) mass is 294 g/mol. The largest absolute Gasteiger partial charge is 0.328 e. The zero-order valence-corrected chi connectivity index (χ0v) is 11.9. The lowest BCUT2D eigenvalue weighted by Gasteiger charge is -2.25. The van der Waals surface area contributed by atoms with Crippen LogP contribution >= 0.6 is 11.3 Å². The van der Waals surface area contributed by atoms with Gasteiger partial charge in [0.05, 0.1) is 6.54 Å². The fraction of sp³-hybridized carbons (Fsp3) is 0.333. The second-order valence-corrected chi connectivity index (χ2v) is 5.43. The van der Waals surface area contributed by atoms with Crippen LogP contribution in [0.3, 0.4) is 0 Å². The van der Waals surface area contributed by atoms with E-state index in [4.69, 9.17) is 0 Å². The van der Waals surface area contributed by atoms with Crippen molar-refractivity contribution >= 4 is 17.2 Å². The van der Waals surface area contributed by atoms with Crippen LogP contribution in [0.15, 0.2) is 27.2 Å². The Morgan fingerprint density at radius 2 is 2.15 bits per heavy atom. The number of nitrogens with zero attached hydrogens (tertiary/aromatic N) is 2. The first kappa shape index (κ1) is 14.2. The Morgan fingerprint density at radius 3 is 2.70 bits per heavy atom. The first-order valence-corrected chi connectivity index (χ1v) is 6.88. The number of hydrogen-bond donors (Lipinski definition) is 2. The molecule has 0 aliphatic rings. The molecule has 0 saturated carbocycles. The quantitative estimate of drug-likeness (QED) is 0.861. The van der Waals surface area contributed by atoms with Crippen LogP contribution in [0.1, 0.15) is 29.3 Å². The van der Waals surface area contributed by atoms with Gasteiger partial charge in [-0.15, -0.1) is 11.3 Å². The summed E-state index contributed by atoms with van der Waals surface area (Å²) in [6.45, 7) is 4.05. The van der Waals surface area contributed by atoms with Crippen LogP contribution in [0, 0.1) is 0 Å². The van der Waals surface area contributed by atoms with Gasteiger partial charge in [0.25, 0.3) is 11.5 Å². The third kappa shape index (κ3) is 3.21. The number of rotatable bonds is 4. The zero-order chi connectivity index (χ0) is 14.7. The molecule has 1 amide bonds. The van der Waals surface area contributed by atoms with E-state index in [1.165, 1.54) is 11.3 Å². The second-order valence-electron chi connectivity index (χ2n) is 4.45. The molecule has 106 valence electrons. The van der Waals surface area contributed by atoms with Crippen molar-refractivity contribution in [2.45, 2.75) is 26.4 Å². The van der Waals surface area contributed by atoms with Gasteiger partial charge in [0.15, 0.2) is 0 Å². The van der Waals surface area contributed by atoms with Crippen LogP contribution in [-0.4, -0.2) is 31.8 Å². The average molecular weight is 294 g/mol. The molecule has 0 aliphatic heterocycles. The molecule has 20 heavy (non-hydrogen) atoms. The highest BCUT2D eigenvalue weighted by molar-refractivity contribution is 7.09. The molecule has 0 fully saturated rings. The maximum absolute atomic E-state index is 12.4. The molecule has 0 aliphatic carbocycles. The van der Waals surface area contributed by atoms with Crippen LogP contribution in [0.2, 0.25) is 0 Å². The highest BCUT2D eigenvalue weighted by Crippen LogP contribution is 2.13. The van der Waals surface area contributed by atoms with Crippen LogP contribution in [0.4, 0.5) is 0 Å². The molecule has 2 aromatic rings. The van der Waals surface area contributed by atoms with E-state index in [-0.39, 0.29) is 11.7 Å². The zero-order valence-electron chi connectivity index (χ0n) is 11.0. The molecule has 7 nitrogen and oxygen atoms in total. The lowest BCUT2D eigenvalue weighted by molar-refractivity contribution is 0.0683. The normalized spacial score (nSPS) is 10.8. The first-order chi connectivity index (χ1) is 9.47. The molecule has 0 saturated heterocycles. The number of H-pyrrole nitrogens is 2. The van der Waals surface area contributed by atoms with Crippen LogP contribution < -0.4 is 11.2 Å². The summed E-state index contributed by atoms with van der Waals surface area (Å²) in [5.41, 5.74) is -1.32. The smallest absolute Gasteiger partial charge is 0.326 e. The number of carbonyl (C=O) groups excluding carboxylic acids is 1. The molecule has 8 heteroatoms. The van der Waals surface area contributed by atoms with E-state index >= 15 is 0 Å². The highest BCUT2D eigenvalue weighted by atomic mass is 32.1.